The van der Waals surface area contributed by atoms with Crippen LogP contribution in [0.2, 0.25) is 0 Å². The Morgan fingerprint density at radius 2 is 1.65 bits per heavy atom. The van der Waals surface area contributed by atoms with E-state index in [0.717, 1.165) is 5.56 Å². The van der Waals surface area contributed by atoms with Crippen molar-refractivity contribution in [2.24, 2.45) is 0 Å². The number of halogens is 1. The number of nitrogens with one attached hydrogen (secondary N) is 2. The summed E-state index contributed by atoms with van der Waals surface area (Å²) in [5, 5.41) is 2.47. The summed E-state index contributed by atoms with van der Waals surface area (Å²) < 4.78 is 26.9. The maximum Gasteiger partial charge on any atom is 0.331 e. The van der Waals surface area contributed by atoms with Gasteiger partial charge in [0.2, 0.25) is 0 Å². The van der Waals surface area contributed by atoms with Gasteiger partial charge in [0, 0.05) is 5.69 Å². The van der Waals surface area contributed by atoms with Crippen LogP contribution in [0.5, 0.6) is 0 Å². The molecular weight excluding hydrogens is 279 g/mol. The van der Waals surface area contributed by atoms with Gasteiger partial charge in [-0.05, 0) is 43.3 Å². The summed E-state index contributed by atoms with van der Waals surface area (Å²) in [7, 11) is -1.64. The minimum absolute atomic E-state index is 0.390. The summed E-state index contributed by atoms with van der Waals surface area (Å²) in [6.45, 7) is 1.92. The topological polar surface area (TPSA) is 58.2 Å². The highest BCUT2D eigenvalue weighted by atomic mass is 32.2. The smallest absolute Gasteiger partial charge is 0.307 e. The molecule has 0 saturated carbocycles. The van der Waals surface area contributed by atoms with Crippen LogP contribution >= 0.6 is 0 Å². The van der Waals surface area contributed by atoms with Crippen molar-refractivity contribution in [2.45, 2.75) is 11.8 Å². The number of benzene rings is 2. The Bertz CT molecular complexity index is 627. The molecule has 20 heavy (non-hydrogen) atoms. The lowest BCUT2D eigenvalue weighted by molar-refractivity contribution is 0.257. The molecule has 2 N–H and O–H groups in total. The first kappa shape index (κ1) is 14.2. The number of carbonyl (C=O) groups is 1. The Kier molecular flexibility index (Phi) is 4.47. The number of urea groups is 1. The van der Waals surface area contributed by atoms with E-state index in [0.29, 0.717) is 10.6 Å². The van der Waals surface area contributed by atoms with Crippen LogP contribution in [0.1, 0.15) is 5.56 Å². The van der Waals surface area contributed by atoms with Crippen molar-refractivity contribution < 1.29 is 13.4 Å². The maximum absolute atomic E-state index is 12.7. The fraction of sp³-hybridized carbons (Fsp3) is 0.0714. The van der Waals surface area contributed by atoms with Gasteiger partial charge in [-0.25, -0.2) is 13.4 Å². The minimum Gasteiger partial charge on any atom is -0.307 e. The molecule has 2 rings (SSSR count). The third-order valence-corrected chi connectivity index (χ3v) is 3.59. The Morgan fingerprint density at radius 3 is 2.25 bits per heavy atom. The van der Waals surface area contributed by atoms with Gasteiger partial charge in [0.05, 0.1) is 4.90 Å². The fourth-order valence-corrected chi connectivity index (χ4v) is 2.22. The molecule has 104 valence electrons. The van der Waals surface area contributed by atoms with Gasteiger partial charge in [-0.1, -0.05) is 17.7 Å². The molecule has 0 saturated heterocycles. The maximum atomic E-state index is 12.7. The molecule has 1 atom stereocenters. The summed E-state index contributed by atoms with van der Waals surface area (Å²) in [6.07, 6.45) is 0. The van der Waals surface area contributed by atoms with Gasteiger partial charge in [0.1, 0.15) is 5.82 Å². The van der Waals surface area contributed by atoms with Crippen molar-refractivity contribution in [1.82, 2.24) is 4.72 Å². The predicted molar refractivity (Wildman–Crippen MR) is 76.1 cm³/mol. The second-order valence-corrected chi connectivity index (χ2v) is 5.36. The second kappa shape index (κ2) is 6.29. The summed E-state index contributed by atoms with van der Waals surface area (Å²) in [4.78, 5) is 12.1. The van der Waals surface area contributed by atoms with E-state index in [2.05, 4.69) is 10.0 Å². The zero-order valence-corrected chi connectivity index (χ0v) is 11.5. The van der Waals surface area contributed by atoms with E-state index in [-0.39, 0.29) is 5.82 Å². The van der Waals surface area contributed by atoms with Gasteiger partial charge in [-0.2, -0.15) is 0 Å². The van der Waals surface area contributed by atoms with E-state index in [1.165, 1.54) is 24.3 Å². The van der Waals surface area contributed by atoms with Gasteiger partial charge < -0.3 is 5.32 Å². The number of anilines is 1. The molecule has 0 aliphatic heterocycles. The highest BCUT2D eigenvalue weighted by Gasteiger charge is 2.08. The molecule has 0 bridgehead atoms. The van der Waals surface area contributed by atoms with Gasteiger partial charge in [0.25, 0.3) is 0 Å². The zero-order chi connectivity index (χ0) is 14.5. The lowest BCUT2D eigenvalue weighted by Gasteiger charge is -2.07. The average Bonchev–Trinajstić information content (AvgIpc) is 2.42. The molecule has 2 amide bonds. The molecule has 0 aliphatic carbocycles. The molecule has 0 aromatic heterocycles. The first-order chi connectivity index (χ1) is 9.54. The molecule has 0 aliphatic rings. The quantitative estimate of drug-likeness (QED) is 0.913. The molecule has 0 heterocycles. The third kappa shape index (κ3) is 3.89. The summed E-state index contributed by atoms with van der Waals surface area (Å²) in [5.41, 5.74) is 1.46. The van der Waals surface area contributed by atoms with E-state index in [9.17, 15) is 13.4 Å². The van der Waals surface area contributed by atoms with Crippen LogP contribution in [-0.4, -0.2) is 10.2 Å². The normalized spacial score (nSPS) is 11.7. The molecule has 0 spiro atoms. The molecule has 2 aromatic rings. The fourth-order valence-electron chi connectivity index (χ4n) is 1.49. The summed E-state index contributed by atoms with van der Waals surface area (Å²) in [5.74, 6) is -0.390. The monoisotopic (exact) mass is 292 g/mol. The van der Waals surface area contributed by atoms with E-state index in [1.807, 2.05) is 19.1 Å². The Morgan fingerprint density at radius 1 is 1.05 bits per heavy atom. The molecule has 0 radical (unpaired) electrons. The molecule has 2 aromatic carbocycles. The van der Waals surface area contributed by atoms with Crippen molar-refractivity contribution >= 4 is 22.7 Å². The van der Waals surface area contributed by atoms with E-state index < -0.39 is 17.0 Å². The van der Waals surface area contributed by atoms with E-state index in [1.54, 1.807) is 12.1 Å². The number of amides is 2. The van der Waals surface area contributed by atoms with Crippen molar-refractivity contribution in [3.05, 3.63) is 59.9 Å². The summed E-state index contributed by atoms with van der Waals surface area (Å²) in [6, 6.07) is 11.7. The summed E-state index contributed by atoms with van der Waals surface area (Å²) >= 11 is 0. The lowest BCUT2D eigenvalue weighted by atomic mass is 10.2. The Balaban J connectivity index is 1.95. The molecule has 4 nitrogen and oxygen atoms in total. The first-order valence-corrected chi connectivity index (χ1v) is 7.01. The van der Waals surface area contributed by atoms with Crippen LogP contribution in [0.25, 0.3) is 0 Å². The largest absolute Gasteiger partial charge is 0.331 e. The van der Waals surface area contributed by atoms with Crippen LogP contribution < -0.4 is 10.0 Å². The van der Waals surface area contributed by atoms with Crippen molar-refractivity contribution in [2.75, 3.05) is 5.32 Å². The van der Waals surface area contributed by atoms with Crippen molar-refractivity contribution in [3.63, 3.8) is 0 Å². The molecular formula is C14H13FN2O2S. The number of aryl methyl sites for hydroxylation is 1. The van der Waals surface area contributed by atoms with Crippen LogP contribution in [0.15, 0.2) is 53.4 Å². The Labute approximate surface area is 118 Å². The number of hydrogen-bond donors (Lipinski definition) is 2. The van der Waals surface area contributed by atoms with Gasteiger partial charge >= 0.3 is 6.03 Å². The van der Waals surface area contributed by atoms with E-state index >= 15 is 0 Å². The van der Waals surface area contributed by atoms with Crippen LogP contribution in [0, 0.1) is 12.7 Å². The Hall–Kier alpha value is -2.21. The first-order valence-electron chi connectivity index (χ1n) is 5.86. The van der Waals surface area contributed by atoms with Gasteiger partial charge in [-0.15, -0.1) is 0 Å². The highest BCUT2D eigenvalue weighted by molar-refractivity contribution is 7.83. The van der Waals surface area contributed by atoms with E-state index in [4.69, 9.17) is 0 Å². The van der Waals surface area contributed by atoms with Crippen molar-refractivity contribution in [3.8, 4) is 0 Å². The molecule has 6 heteroatoms. The third-order valence-electron chi connectivity index (χ3n) is 2.52. The number of carbonyl (C=O) groups excluding carboxylic acids is 1. The standard InChI is InChI=1S/C14H13FN2O2S/c1-10-2-8-13(9-3-10)20(19)17-14(18)16-12-6-4-11(15)5-7-12/h2-9H,1H3,(H2,16,17,18). The molecule has 0 fully saturated rings. The number of rotatable bonds is 3. The zero-order valence-electron chi connectivity index (χ0n) is 10.7. The van der Waals surface area contributed by atoms with Crippen LogP contribution in [0.3, 0.4) is 0 Å². The lowest BCUT2D eigenvalue weighted by Crippen LogP contribution is -2.30. The molecule has 1 unspecified atom stereocenters. The minimum atomic E-state index is -1.64. The van der Waals surface area contributed by atoms with Crippen molar-refractivity contribution in [1.29, 1.82) is 0 Å². The number of hydrogen-bond acceptors (Lipinski definition) is 2. The van der Waals surface area contributed by atoms with Crippen LogP contribution in [-0.2, 0) is 11.0 Å². The average molecular weight is 292 g/mol. The predicted octanol–water partition coefficient (Wildman–Crippen LogP) is 2.98. The SMILES string of the molecule is Cc1ccc(S(=O)NC(=O)Nc2ccc(F)cc2)cc1. The van der Waals surface area contributed by atoms with Gasteiger partial charge in [0.15, 0.2) is 11.0 Å². The highest BCUT2D eigenvalue weighted by Crippen LogP contribution is 2.09. The van der Waals surface area contributed by atoms with Gasteiger partial charge in [-0.3, -0.25) is 4.72 Å². The van der Waals surface area contributed by atoms with Crippen LogP contribution in [0.4, 0.5) is 14.9 Å². The second-order valence-electron chi connectivity index (χ2n) is 4.14.